The highest BCUT2D eigenvalue weighted by Crippen LogP contribution is 2.39. The summed E-state index contributed by atoms with van der Waals surface area (Å²) in [7, 11) is 3.38. The number of thiol groups is 1. The van der Waals surface area contributed by atoms with Gasteiger partial charge in [0.2, 0.25) is 11.8 Å². The first-order valence-corrected chi connectivity index (χ1v) is 8.56. The van der Waals surface area contributed by atoms with Crippen molar-refractivity contribution in [3.05, 3.63) is 23.3 Å². The molecule has 2 heterocycles. The van der Waals surface area contributed by atoms with Crippen molar-refractivity contribution in [1.29, 1.82) is 0 Å². The summed E-state index contributed by atoms with van der Waals surface area (Å²) in [4.78, 5) is 25.6. The van der Waals surface area contributed by atoms with Crippen molar-refractivity contribution in [2.45, 2.75) is 29.2 Å². The van der Waals surface area contributed by atoms with E-state index in [2.05, 4.69) is 17.9 Å². The third kappa shape index (κ3) is 2.67. The van der Waals surface area contributed by atoms with E-state index < -0.39 is 0 Å². The SMILES string of the molecule is COc1ccc(CC2SC(S)NC2=O)c2c1N(C)C(=O)CC2. The number of fused-ring (bicyclic) bond motifs is 1. The van der Waals surface area contributed by atoms with E-state index >= 15 is 0 Å². The van der Waals surface area contributed by atoms with Crippen molar-refractivity contribution in [3.63, 3.8) is 0 Å². The Kier molecular flexibility index (Phi) is 4.27. The van der Waals surface area contributed by atoms with Crippen LogP contribution in [0, 0.1) is 0 Å². The number of nitrogens with one attached hydrogen (secondary N) is 1. The molecule has 1 aromatic rings. The van der Waals surface area contributed by atoms with Gasteiger partial charge in [0.15, 0.2) is 0 Å². The number of benzene rings is 1. The summed E-state index contributed by atoms with van der Waals surface area (Å²) >= 11 is 5.81. The summed E-state index contributed by atoms with van der Waals surface area (Å²) in [5.41, 5.74) is 3.05. The minimum atomic E-state index is -0.143. The molecule has 2 aliphatic rings. The summed E-state index contributed by atoms with van der Waals surface area (Å²) in [6.45, 7) is 0. The topological polar surface area (TPSA) is 58.6 Å². The number of amides is 2. The Morgan fingerprint density at radius 1 is 1.41 bits per heavy atom. The second-order valence-electron chi connectivity index (χ2n) is 5.40. The van der Waals surface area contributed by atoms with Gasteiger partial charge in [-0.3, -0.25) is 9.59 Å². The molecule has 0 aliphatic carbocycles. The molecule has 22 heavy (non-hydrogen) atoms. The maximum atomic E-state index is 12.0. The summed E-state index contributed by atoms with van der Waals surface area (Å²) in [5.74, 6) is 0.811. The van der Waals surface area contributed by atoms with E-state index in [9.17, 15) is 9.59 Å². The second kappa shape index (κ2) is 6.04. The number of ether oxygens (including phenoxy) is 1. The molecule has 0 spiro atoms. The lowest BCUT2D eigenvalue weighted by molar-refractivity contribution is -0.120. The maximum Gasteiger partial charge on any atom is 0.235 e. The molecule has 2 atom stereocenters. The van der Waals surface area contributed by atoms with Gasteiger partial charge in [-0.25, -0.2) is 0 Å². The van der Waals surface area contributed by atoms with E-state index in [0.29, 0.717) is 25.0 Å². The Morgan fingerprint density at radius 3 is 2.82 bits per heavy atom. The number of carbonyl (C=O) groups is 2. The van der Waals surface area contributed by atoms with Gasteiger partial charge in [0.05, 0.1) is 18.0 Å². The van der Waals surface area contributed by atoms with Crippen LogP contribution in [-0.2, 0) is 22.4 Å². The number of rotatable bonds is 3. The molecule has 2 amide bonds. The lowest BCUT2D eigenvalue weighted by Gasteiger charge is -2.29. The van der Waals surface area contributed by atoms with Crippen molar-refractivity contribution in [2.24, 2.45) is 0 Å². The number of methoxy groups -OCH3 is 1. The van der Waals surface area contributed by atoms with Gasteiger partial charge in [-0.15, -0.1) is 24.4 Å². The molecule has 1 aromatic carbocycles. The fourth-order valence-electron chi connectivity index (χ4n) is 2.99. The van der Waals surface area contributed by atoms with Crippen molar-refractivity contribution in [1.82, 2.24) is 5.32 Å². The van der Waals surface area contributed by atoms with E-state index in [1.165, 1.54) is 11.8 Å². The normalized spacial score (nSPS) is 24.2. The molecule has 5 nitrogen and oxygen atoms in total. The number of hydrogen-bond acceptors (Lipinski definition) is 5. The smallest absolute Gasteiger partial charge is 0.235 e. The van der Waals surface area contributed by atoms with Crippen molar-refractivity contribution in [3.8, 4) is 5.75 Å². The van der Waals surface area contributed by atoms with Gasteiger partial charge < -0.3 is 15.0 Å². The van der Waals surface area contributed by atoms with Gasteiger partial charge in [0.25, 0.3) is 0 Å². The number of anilines is 1. The van der Waals surface area contributed by atoms with Crippen molar-refractivity contribution < 1.29 is 14.3 Å². The first-order valence-electron chi connectivity index (χ1n) is 7.10. The highest BCUT2D eigenvalue weighted by atomic mass is 32.2. The number of carbonyl (C=O) groups excluding carboxylic acids is 2. The molecule has 118 valence electrons. The highest BCUT2D eigenvalue weighted by molar-refractivity contribution is 8.11. The lowest BCUT2D eigenvalue weighted by atomic mass is 9.93. The molecule has 3 rings (SSSR count). The second-order valence-corrected chi connectivity index (χ2v) is 7.58. The largest absolute Gasteiger partial charge is 0.495 e. The fourth-order valence-corrected chi connectivity index (χ4v) is 4.52. The lowest BCUT2D eigenvalue weighted by Crippen LogP contribution is -2.32. The van der Waals surface area contributed by atoms with Crippen LogP contribution in [0.3, 0.4) is 0 Å². The molecule has 1 saturated heterocycles. The van der Waals surface area contributed by atoms with E-state index in [-0.39, 0.29) is 21.8 Å². The predicted octanol–water partition coefficient (Wildman–Crippen LogP) is 1.59. The van der Waals surface area contributed by atoms with Crippen LogP contribution < -0.4 is 15.0 Å². The molecular formula is C15H18N2O3S2. The molecule has 0 saturated carbocycles. The monoisotopic (exact) mass is 338 g/mol. The zero-order valence-electron chi connectivity index (χ0n) is 12.5. The maximum absolute atomic E-state index is 12.0. The average molecular weight is 338 g/mol. The standard InChI is InChI=1S/C15H18N2O3S2/c1-17-12(18)6-4-9-8(3-5-10(20-2)13(9)17)7-11-14(19)16-15(21)22-11/h3,5,11,15,21H,4,6-7H2,1-2H3,(H,16,19). The van der Waals surface area contributed by atoms with E-state index in [0.717, 1.165) is 16.8 Å². The summed E-state index contributed by atoms with van der Waals surface area (Å²) < 4.78 is 5.26. The Balaban J connectivity index is 1.96. The third-order valence-electron chi connectivity index (χ3n) is 4.12. The molecule has 7 heteroatoms. The Bertz CT molecular complexity index is 635. The molecule has 2 unspecified atom stereocenters. The summed E-state index contributed by atoms with van der Waals surface area (Å²) in [6, 6.07) is 3.87. The molecule has 1 fully saturated rings. The van der Waals surface area contributed by atoms with Crippen LogP contribution in [0.15, 0.2) is 12.1 Å². The molecular weight excluding hydrogens is 320 g/mol. The zero-order valence-corrected chi connectivity index (χ0v) is 14.2. The van der Waals surface area contributed by atoms with E-state index in [1.54, 1.807) is 19.1 Å². The Hall–Kier alpha value is -1.34. The summed E-state index contributed by atoms with van der Waals surface area (Å²) in [6.07, 6.45) is 1.82. The van der Waals surface area contributed by atoms with Gasteiger partial charge in [-0.2, -0.15) is 0 Å². The number of thioether (sulfide) groups is 1. The van der Waals surface area contributed by atoms with Crippen LogP contribution in [0.2, 0.25) is 0 Å². The van der Waals surface area contributed by atoms with E-state index in [1.807, 2.05) is 12.1 Å². The van der Waals surface area contributed by atoms with Crippen LogP contribution in [0.1, 0.15) is 17.5 Å². The van der Waals surface area contributed by atoms with Gasteiger partial charge >= 0.3 is 0 Å². The molecule has 2 aliphatic heterocycles. The van der Waals surface area contributed by atoms with Gasteiger partial charge in [0.1, 0.15) is 10.5 Å². The number of hydrogen-bond donors (Lipinski definition) is 2. The molecule has 1 N–H and O–H groups in total. The highest BCUT2D eigenvalue weighted by Gasteiger charge is 2.33. The zero-order chi connectivity index (χ0) is 15.9. The Labute approximate surface area is 139 Å². The first kappa shape index (κ1) is 15.6. The fraction of sp³-hybridized carbons (Fsp3) is 0.467. The molecule has 0 bridgehead atoms. The molecule has 0 aromatic heterocycles. The minimum Gasteiger partial charge on any atom is -0.495 e. The van der Waals surface area contributed by atoms with Crippen molar-refractivity contribution in [2.75, 3.05) is 19.1 Å². The van der Waals surface area contributed by atoms with Gasteiger partial charge in [0, 0.05) is 13.5 Å². The third-order valence-corrected chi connectivity index (χ3v) is 5.70. The van der Waals surface area contributed by atoms with Crippen LogP contribution in [-0.4, -0.2) is 35.9 Å². The van der Waals surface area contributed by atoms with Gasteiger partial charge in [-0.05, 0) is 30.0 Å². The van der Waals surface area contributed by atoms with Crippen LogP contribution in [0.25, 0.3) is 0 Å². The predicted molar refractivity (Wildman–Crippen MR) is 90.7 cm³/mol. The van der Waals surface area contributed by atoms with Crippen LogP contribution >= 0.6 is 24.4 Å². The van der Waals surface area contributed by atoms with Crippen molar-refractivity contribution >= 4 is 41.9 Å². The summed E-state index contributed by atoms with van der Waals surface area (Å²) in [5, 5.41) is 2.67. The quantitative estimate of drug-likeness (QED) is 0.822. The number of nitrogens with zero attached hydrogens (tertiary/aromatic N) is 1. The van der Waals surface area contributed by atoms with Gasteiger partial charge in [-0.1, -0.05) is 6.07 Å². The van der Waals surface area contributed by atoms with E-state index in [4.69, 9.17) is 4.74 Å². The van der Waals surface area contributed by atoms with Crippen LogP contribution in [0.5, 0.6) is 5.75 Å². The van der Waals surface area contributed by atoms with Crippen LogP contribution in [0.4, 0.5) is 5.69 Å². The average Bonchev–Trinajstić information content (AvgIpc) is 2.81. The minimum absolute atomic E-state index is 0.0230. The Morgan fingerprint density at radius 2 is 2.18 bits per heavy atom. The molecule has 0 radical (unpaired) electrons. The first-order chi connectivity index (χ1) is 10.5.